The smallest absolute Gasteiger partial charge is 0.260 e. The molecule has 136 valence electrons. The largest absolute Gasteiger partial charge is 0.481 e. The summed E-state index contributed by atoms with van der Waals surface area (Å²) in [5.74, 6) is 1.19. The summed E-state index contributed by atoms with van der Waals surface area (Å²) in [5.41, 5.74) is 8.41. The van der Waals surface area contributed by atoms with Gasteiger partial charge in [0, 0.05) is 12.1 Å². The maximum atomic E-state index is 12.3. The van der Waals surface area contributed by atoms with Crippen LogP contribution in [0.4, 0.5) is 0 Å². The molecule has 0 spiro atoms. The quantitative estimate of drug-likeness (QED) is 0.847. The van der Waals surface area contributed by atoms with Gasteiger partial charge < -0.3 is 15.8 Å². The van der Waals surface area contributed by atoms with Gasteiger partial charge in [-0.15, -0.1) is 12.4 Å². The van der Waals surface area contributed by atoms with Crippen LogP contribution in [-0.2, 0) is 4.79 Å². The molecule has 3 N–H and O–H groups in total. The zero-order valence-corrected chi connectivity index (χ0v) is 16.0. The van der Waals surface area contributed by atoms with E-state index < -0.39 is 6.10 Å². The van der Waals surface area contributed by atoms with E-state index in [0.717, 1.165) is 31.4 Å². The molecule has 0 bridgehead atoms. The summed E-state index contributed by atoms with van der Waals surface area (Å²) >= 11 is 0. The van der Waals surface area contributed by atoms with Gasteiger partial charge in [0.25, 0.3) is 5.91 Å². The molecule has 4 nitrogen and oxygen atoms in total. The Bertz CT molecular complexity index is 540. The number of hydrogen-bond donors (Lipinski definition) is 2. The van der Waals surface area contributed by atoms with Crippen LogP contribution in [0.5, 0.6) is 5.75 Å². The average Bonchev–Trinajstić information content (AvgIpc) is 2.49. The van der Waals surface area contributed by atoms with Crippen molar-refractivity contribution in [2.75, 3.05) is 0 Å². The van der Waals surface area contributed by atoms with Crippen LogP contribution in [0, 0.1) is 6.92 Å². The minimum absolute atomic E-state index is 0. The molecular formula is C19H31ClN2O2. The molecule has 24 heavy (non-hydrogen) atoms. The van der Waals surface area contributed by atoms with Gasteiger partial charge in [-0.25, -0.2) is 0 Å². The molecule has 1 atom stereocenters. The number of hydrogen-bond acceptors (Lipinski definition) is 3. The zero-order chi connectivity index (χ0) is 17.0. The van der Waals surface area contributed by atoms with Crippen molar-refractivity contribution < 1.29 is 9.53 Å². The highest BCUT2D eigenvalue weighted by atomic mass is 35.5. The Hall–Kier alpha value is -1.26. The normalized spacial score (nSPS) is 21.8. The fourth-order valence-corrected chi connectivity index (χ4v) is 3.21. The Morgan fingerprint density at radius 1 is 1.21 bits per heavy atom. The SMILES string of the molecule is Cc1cc(OC(C)C(=O)NC2CCC(N)CC2)ccc1C(C)C.Cl. The van der Waals surface area contributed by atoms with Crippen LogP contribution in [-0.4, -0.2) is 24.1 Å². The summed E-state index contributed by atoms with van der Waals surface area (Å²) in [6.07, 6.45) is 3.39. The number of nitrogens with one attached hydrogen (secondary N) is 1. The van der Waals surface area contributed by atoms with Gasteiger partial charge in [-0.05, 0) is 68.7 Å². The first-order valence-corrected chi connectivity index (χ1v) is 8.70. The molecule has 1 amide bonds. The van der Waals surface area contributed by atoms with Gasteiger partial charge in [0.15, 0.2) is 6.10 Å². The Balaban J connectivity index is 0.00000288. The van der Waals surface area contributed by atoms with E-state index in [1.54, 1.807) is 6.92 Å². The number of benzene rings is 1. The average molecular weight is 355 g/mol. The van der Waals surface area contributed by atoms with Crippen molar-refractivity contribution in [3.8, 4) is 5.75 Å². The third-order valence-electron chi connectivity index (χ3n) is 4.66. The van der Waals surface area contributed by atoms with Gasteiger partial charge in [0.1, 0.15) is 5.75 Å². The number of rotatable bonds is 5. The van der Waals surface area contributed by atoms with E-state index in [4.69, 9.17) is 10.5 Å². The van der Waals surface area contributed by atoms with Gasteiger partial charge >= 0.3 is 0 Å². The van der Waals surface area contributed by atoms with E-state index in [-0.39, 0.29) is 24.4 Å². The fourth-order valence-electron chi connectivity index (χ4n) is 3.21. The third-order valence-corrected chi connectivity index (χ3v) is 4.66. The van der Waals surface area contributed by atoms with Crippen molar-refractivity contribution in [1.29, 1.82) is 0 Å². The monoisotopic (exact) mass is 354 g/mol. The molecule has 0 heterocycles. The van der Waals surface area contributed by atoms with Gasteiger partial charge in [-0.3, -0.25) is 4.79 Å². The lowest BCUT2D eigenvalue weighted by Crippen LogP contribution is -2.45. The molecule has 1 aromatic rings. The van der Waals surface area contributed by atoms with E-state index in [0.29, 0.717) is 12.0 Å². The van der Waals surface area contributed by atoms with E-state index >= 15 is 0 Å². The van der Waals surface area contributed by atoms with Gasteiger partial charge in [0.2, 0.25) is 0 Å². The minimum Gasteiger partial charge on any atom is -0.481 e. The van der Waals surface area contributed by atoms with Gasteiger partial charge in [-0.2, -0.15) is 0 Å². The number of amides is 1. The summed E-state index contributed by atoms with van der Waals surface area (Å²) in [5, 5.41) is 3.08. The van der Waals surface area contributed by atoms with Crippen LogP contribution in [0.3, 0.4) is 0 Å². The number of halogens is 1. The molecule has 0 aliphatic heterocycles. The molecule has 2 rings (SSSR count). The molecule has 1 saturated carbocycles. The molecule has 5 heteroatoms. The Labute approximate surface area is 151 Å². The molecule has 0 aromatic heterocycles. The molecule has 1 aliphatic rings. The van der Waals surface area contributed by atoms with Crippen LogP contribution in [0.25, 0.3) is 0 Å². The van der Waals surface area contributed by atoms with Crippen molar-refractivity contribution in [3.05, 3.63) is 29.3 Å². The summed E-state index contributed by atoms with van der Waals surface area (Å²) in [7, 11) is 0. The van der Waals surface area contributed by atoms with Crippen LogP contribution in [0.1, 0.15) is 63.5 Å². The lowest BCUT2D eigenvalue weighted by atomic mass is 9.92. The molecular weight excluding hydrogens is 324 g/mol. The Kier molecular flexibility index (Phi) is 8.04. The molecule has 0 radical (unpaired) electrons. The topological polar surface area (TPSA) is 64.3 Å². The van der Waals surface area contributed by atoms with Crippen molar-refractivity contribution in [3.63, 3.8) is 0 Å². The number of carbonyl (C=O) groups excluding carboxylic acids is 1. The minimum atomic E-state index is -0.491. The van der Waals surface area contributed by atoms with E-state index in [1.807, 2.05) is 12.1 Å². The highest BCUT2D eigenvalue weighted by Crippen LogP contribution is 2.24. The van der Waals surface area contributed by atoms with E-state index in [9.17, 15) is 4.79 Å². The van der Waals surface area contributed by atoms with Crippen LogP contribution >= 0.6 is 12.4 Å². The zero-order valence-electron chi connectivity index (χ0n) is 15.2. The van der Waals surface area contributed by atoms with Crippen LogP contribution in [0.2, 0.25) is 0 Å². The fraction of sp³-hybridized carbons (Fsp3) is 0.632. The first kappa shape index (κ1) is 20.8. The molecule has 1 aromatic carbocycles. The summed E-state index contributed by atoms with van der Waals surface area (Å²) in [6, 6.07) is 6.57. The predicted octanol–water partition coefficient (Wildman–Crippen LogP) is 3.69. The lowest BCUT2D eigenvalue weighted by molar-refractivity contribution is -0.128. The highest BCUT2D eigenvalue weighted by Gasteiger charge is 2.23. The summed E-state index contributed by atoms with van der Waals surface area (Å²) in [4.78, 5) is 12.3. The Morgan fingerprint density at radius 3 is 2.38 bits per heavy atom. The van der Waals surface area contributed by atoms with Crippen LogP contribution < -0.4 is 15.8 Å². The number of carbonyl (C=O) groups is 1. The number of ether oxygens (including phenoxy) is 1. The van der Waals surface area contributed by atoms with Crippen LogP contribution in [0.15, 0.2) is 18.2 Å². The molecule has 1 unspecified atom stereocenters. The first-order valence-electron chi connectivity index (χ1n) is 8.70. The number of aryl methyl sites for hydroxylation is 1. The predicted molar refractivity (Wildman–Crippen MR) is 101 cm³/mol. The maximum absolute atomic E-state index is 12.3. The van der Waals surface area contributed by atoms with Crippen molar-refractivity contribution in [2.24, 2.45) is 5.73 Å². The lowest BCUT2D eigenvalue weighted by Gasteiger charge is -2.28. The van der Waals surface area contributed by atoms with Crippen molar-refractivity contribution in [2.45, 2.75) is 77.5 Å². The summed E-state index contributed by atoms with van der Waals surface area (Å²) < 4.78 is 5.82. The third kappa shape index (κ3) is 5.67. The first-order chi connectivity index (χ1) is 10.9. The second-order valence-electron chi connectivity index (χ2n) is 7.05. The van der Waals surface area contributed by atoms with Crippen molar-refractivity contribution in [1.82, 2.24) is 5.32 Å². The number of nitrogens with two attached hydrogens (primary N) is 1. The van der Waals surface area contributed by atoms with E-state index in [1.165, 1.54) is 11.1 Å². The maximum Gasteiger partial charge on any atom is 0.260 e. The van der Waals surface area contributed by atoms with Gasteiger partial charge in [-0.1, -0.05) is 19.9 Å². The standard InChI is InChI=1S/C19H30N2O2.ClH/c1-12(2)18-10-9-17(11-13(18)3)23-14(4)19(22)21-16-7-5-15(20)6-8-16;/h9-12,14-16H,5-8,20H2,1-4H3,(H,21,22);1H. The second-order valence-corrected chi connectivity index (χ2v) is 7.05. The van der Waals surface area contributed by atoms with Crippen molar-refractivity contribution >= 4 is 18.3 Å². The second kappa shape index (κ2) is 9.28. The molecule has 0 saturated heterocycles. The molecule has 1 fully saturated rings. The highest BCUT2D eigenvalue weighted by molar-refractivity contribution is 5.85. The van der Waals surface area contributed by atoms with E-state index in [2.05, 4.69) is 32.2 Å². The van der Waals surface area contributed by atoms with Gasteiger partial charge in [0.05, 0.1) is 0 Å². The molecule has 1 aliphatic carbocycles. The Morgan fingerprint density at radius 2 is 1.83 bits per heavy atom. The summed E-state index contributed by atoms with van der Waals surface area (Å²) in [6.45, 7) is 8.23.